The van der Waals surface area contributed by atoms with Crippen LogP contribution < -0.4 is 11.1 Å². The number of hydrogen-bond acceptors (Lipinski definition) is 4. The maximum atomic E-state index is 12.1. The van der Waals surface area contributed by atoms with E-state index < -0.39 is 0 Å². The van der Waals surface area contributed by atoms with E-state index in [2.05, 4.69) is 17.3 Å². The molecule has 1 rings (SSSR count). The van der Waals surface area contributed by atoms with Crippen molar-refractivity contribution in [2.24, 2.45) is 0 Å². The van der Waals surface area contributed by atoms with Crippen LogP contribution in [0.25, 0.3) is 0 Å². The summed E-state index contributed by atoms with van der Waals surface area (Å²) in [6.07, 6.45) is 2.49. The third-order valence-electron chi connectivity index (χ3n) is 2.66. The highest BCUT2D eigenvalue weighted by atomic mass is 32.2. The van der Waals surface area contributed by atoms with Gasteiger partial charge in [-0.15, -0.1) is 0 Å². The molecule has 1 aromatic rings. The van der Waals surface area contributed by atoms with Gasteiger partial charge in [0.2, 0.25) is 0 Å². The Morgan fingerprint density at radius 1 is 1.61 bits per heavy atom. The molecule has 0 aliphatic carbocycles. The zero-order valence-corrected chi connectivity index (χ0v) is 12.1. The smallest absolute Gasteiger partial charge is 0.271 e. The number of nitrogens with one attached hydrogen (secondary N) is 1. The van der Waals surface area contributed by atoms with E-state index in [1.165, 1.54) is 6.20 Å². The first-order valence-corrected chi connectivity index (χ1v) is 7.45. The third kappa shape index (κ3) is 3.94. The van der Waals surface area contributed by atoms with Crippen LogP contribution >= 0.6 is 11.8 Å². The summed E-state index contributed by atoms with van der Waals surface area (Å²) in [6, 6.07) is 0.149. The topological polar surface area (TPSA) is 72.9 Å². The molecule has 0 aromatic carbocycles. The minimum absolute atomic E-state index is 0.138. The highest BCUT2D eigenvalue weighted by molar-refractivity contribution is 7.99. The van der Waals surface area contributed by atoms with Gasteiger partial charge in [-0.2, -0.15) is 16.9 Å². The molecule has 1 atom stereocenters. The Kier molecular flexibility index (Phi) is 6.04. The number of hydrogen-bond donors (Lipinski definition) is 2. The van der Waals surface area contributed by atoms with Gasteiger partial charge in [-0.05, 0) is 31.8 Å². The normalized spacial score (nSPS) is 12.4. The Hall–Kier alpha value is -1.17. The van der Waals surface area contributed by atoms with Crippen LogP contribution in [0.4, 0.5) is 5.69 Å². The van der Waals surface area contributed by atoms with Crippen LogP contribution in [0, 0.1) is 0 Å². The van der Waals surface area contributed by atoms with Crippen LogP contribution in [0.3, 0.4) is 0 Å². The van der Waals surface area contributed by atoms with Crippen molar-refractivity contribution >= 4 is 23.4 Å². The molecule has 6 heteroatoms. The molecule has 1 heterocycles. The van der Waals surface area contributed by atoms with Gasteiger partial charge in [0, 0.05) is 12.6 Å². The van der Waals surface area contributed by atoms with E-state index in [0.717, 1.165) is 17.9 Å². The highest BCUT2D eigenvalue weighted by Crippen LogP contribution is 2.11. The van der Waals surface area contributed by atoms with Gasteiger partial charge in [-0.1, -0.05) is 6.92 Å². The van der Waals surface area contributed by atoms with Crippen molar-refractivity contribution in [3.8, 4) is 0 Å². The molecule has 3 N–H and O–H groups in total. The van der Waals surface area contributed by atoms with Crippen molar-refractivity contribution in [3.63, 3.8) is 0 Å². The summed E-state index contributed by atoms with van der Waals surface area (Å²) in [5.41, 5.74) is 6.67. The average molecular weight is 270 g/mol. The molecule has 102 valence electrons. The maximum absolute atomic E-state index is 12.1. The fourth-order valence-corrected chi connectivity index (χ4v) is 2.47. The lowest BCUT2D eigenvalue weighted by Gasteiger charge is -2.14. The first-order chi connectivity index (χ1) is 8.60. The Morgan fingerprint density at radius 3 is 2.94 bits per heavy atom. The number of aryl methyl sites for hydroxylation is 1. The molecule has 0 bridgehead atoms. The fourth-order valence-electron chi connectivity index (χ4n) is 1.66. The van der Waals surface area contributed by atoms with Gasteiger partial charge in [0.25, 0.3) is 5.91 Å². The first kappa shape index (κ1) is 14.9. The average Bonchev–Trinajstić information content (AvgIpc) is 2.70. The Labute approximate surface area is 112 Å². The predicted octanol–water partition coefficient (Wildman–Crippen LogP) is 1.75. The number of carbonyl (C=O) groups excluding carboxylic acids is 1. The molecule has 18 heavy (non-hydrogen) atoms. The lowest BCUT2D eigenvalue weighted by atomic mass is 10.2. The molecule has 0 saturated carbocycles. The molecule has 0 spiro atoms. The lowest BCUT2D eigenvalue weighted by Crippen LogP contribution is -2.34. The molecule has 0 radical (unpaired) electrons. The Bertz CT molecular complexity index is 391. The van der Waals surface area contributed by atoms with Gasteiger partial charge in [0.15, 0.2) is 0 Å². The van der Waals surface area contributed by atoms with Crippen LogP contribution in [0.5, 0.6) is 0 Å². The summed E-state index contributed by atoms with van der Waals surface area (Å²) >= 11 is 1.88. The number of carbonyl (C=O) groups is 1. The fraction of sp³-hybridized carbons (Fsp3) is 0.667. The van der Waals surface area contributed by atoms with Crippen molar-refractivity contribution in [2.45, 2.75) is 39.8 Å². The SMILES string of the molecule is CCSCCC(C)NC(=O)c1c(N)cnn1CC. The van der Waals surface area contributed by atoms with E-state index >= 15 is 0 Å². The van der Waals surface area contributed by atoms with Crippen molar-refractivity contribution < 1.29 is 4.79 Å². The lowest BCUT2D eigenvalue weighted by molar-refractivity contribution is 0.0929. The zero-order valence-electron chi connectivity index (χ0n) is 11.3. The predicted molar refractivity (Wildman–Crippen MR) is 76.9 cm³/mol. The van der Waals surface area contributed by atoms with Gasteiger partial charge >= 0.3 is 0 Å². The van der Waals surface area contributed by atoms with Crippen LogP contribution in [-0.4, -0.2) is 33.2 Å². The van der Waals surface area contributed by atoms with E-state index in [1.807, 2.05) is 25.6 Å². The molecule has 0 aliphatic heterocycles. The maximum Gasteiger partial charge on any atom is 0.271 e. The summed E-state index contributed by atoms with van der Waals surface area (Å²) in [7, 11) is 0. The van der Waals surface area contributed by atoms with E-state index in [9.17, 15) is 4.79 Å². The van der Waals surface area contributed by atoms with Crippen LogP contribution in [-0.2, 0) is 6.54 Å². The minimum Gasteiger partial charge on any atom is -0.396 e. The van der Waals surface area contributed by atoms with Crippen molar-refractivity contribution in [2.75, 3.05) is 17.2 Å². The molecule has 1 amide bonds. The summed E-state index contributed by atoms with van der Waals surface area (Å²) in [5, 5.41) is 7.03. The third-order valence-corrected chi connectivity index (χ3v) is 3.59. The van der Waals surface area contributed by atoms with Crippen LogP contribution in [0.2, 0.25) is 0 Å². The van der Waals surface area contributed by atoms with Crippen molar-refractivity contribution in [1.82, 2.24) is 15.1 Å². The van der Waals surface area contributed by atoms with E-state index in [0.29, 0.717) is 17.9 Å². The molecule has 1 unspecified atom stereocenters. The van der Waals surface area contributed by atoms with E-state index in [1.54, 1.807) is 4.68 Å². The number of amides is 1. The second-order valence-corrected chi connectivity index (χ2v) is 5.52. The number of rotatable bonds is 7. The number of aromatic nitrogens is 2. The number of thioether (sulfide) groups is 1. The summed E-state index contributed by atoms with van der Waals surface area (Å²) in [5.74, 6) is 2.03. The highest BCUT2D eigenvalue weighted by Gasteiger charge is 2.17. The van der Waals surface area contributed by atoms with Gasteiger partial charge in [0.1, 0.15) is 5.69 Å². The first-order valence-electron chi connectivity index (χ1n) is 6.30. The van der Waals surface area contributed by atoms with E-state index in [4.69, 9.17) is 5.73 Å². The van der Waals surface area contributed by atoms with E-state index in [-0.39, 0.29) is 11.9 Å². The quantitative estimate of drug-likeness (QED) is 0.740. The second-order valence-electron chi connectivity index (χ2n) is 4.12. The number of nitrogens with zero attached hydrogens (tertiary/aromatic N) is 2. The Morgan fingerprint density at radius 2 is 2.33 bits per heavy atom. The monoisotopic (exact) mass is 270 g/mol. The summed E-state index contributed by atoms with van der Waals surface area (Å²) in [4.78, 5) is 12.1. The van der Waals surface area contributed by atoms with Gasteiger partial charge in [-0.25, -0.2) is 0 Å². The number of nitrogen functional groups attached to an aromatic ring is 1. The number of anilines is 1. The molecular weight excluding hydrogens is 248 g/mol. The van der Waals surface area contributed by atoms with Gasteiger partial charge in [0.05, 0.1) is 11.9 Å². The molecule has 0 aliphatic rings. The molecule has 0 fully saturated rings. The van der Waals surface area contributed by atoms with Gasteiger partial charge < -0.3 is 11.1 Å². The largest absolute Gasteiger partial charge is 0.396 e. The molecule has 5 nitrogen and oxygen atoms in total. The molecule has 1 aromatic heterocycles. The van der Waals surface area contributed by atoms with Crippen molar-refractivity contribution in [3.05, 3.63) is 11.9 Å². The van der Waals surface area contributed by atoms with Crippen molar-refractivity contribution in [1.29, 1.82) is 0 Å². The summed E-state index contributed by atoms with van der Waals surface area (Å²) < 4.78 is 1.62. The van der Waals surface area contributed by atoms with Gasteiger partial charge in [-0.3, -0.25) is 9.48 Å². The zero-order chi connectivity index (χ0) is 13.5. The number of nitrogens with two attached hydrogens (primary N) is 1. The molecule has 0 saturated heterocycles. The van der Waals surface area contributed by atoms with Crippen LogP contribution in [0.15, 0.2) is 6.20 Å². The second kappa shape index (κ2) is 7.31. The Balaban J connectivity index is 2.56. The molecular formula is C12H22N4OS. The standard InChI is InChI=1S/C12H22N4OS/c1-4-16-11(10(13)8-14-16)12(17)15-9(3)6-7-18-5-2/h8-9H,4-7,13H2,1-3H3,(H,15,17). The summed E-state index contributed by atoms with van der Waals surface area (Å²) in [6.45, 7) is 6.72. The minimum atomic E-state index is -0.138. The van der Waals surface area contributed by atoms with Crippen LogP contribution in [0.1, 0.15) is 37.7 Å².